The molecule has 2 rings (SSSR count). The summed E-state index contributed by atoms with van der Waals surface area (Å²) in [6.45, 7) is 5.48. The summed E-state index contributed by atoms with van der Waals surface area (Å²) >= 11 is 0. The molecule has 1 heterocycles. The van der Waals surface area contributed by atoms with E-state index in [0.717, 1.165) is 24.2 Å². The summed E-state index contributed by atoms with van der Waals surface area (Å²) in [6, 6.07) is 7.74. The minimum Gasteiger partial charge on any atom is -0.389 e. The Hall–Kier alpha value is -1.39. The third-order valence-electron chi connectivity index (χ3n) is 3.20. The molecule has 1 amide bonds. The first-order valence-corrected chi connectivity index (χ1v) is 6.26. The van der Waals surface area contributed by atoms with Crippen molar-refractivity contribution in [3.05, 3.63) is 29.8 Å². The van der Waals surface area contributed by atoms with Gasteiger partial charge in [-0.1, -0.05) is 12.1 Å². The molecule has 18 heavy (non-hydrogen) atoms. The summed E-state index contributed by atoms with van der Waals surface area (Å²) in [6.07, 6.45) is 0.727. The van der Waals surface area contributed by atoms with Gasteiger partial charge in [-0.15, -0.1) is 0 Å². The number of aliphatic hydroxyl groups is 1. The Labute approximate surface area is 108 Å². The van der Waals surface area contributed by atoms with E-state index in [1.807, 2.05) is 43.0 Å². The number of carbonyl (C=O) groups is 1. The van der Waals surface area contributed by atoms with Crippen molar-refractivity contribution >= 4 is 11.6 Å². The van der Waals surface area contributed by atoms with Gasteiger partial charge in [-0.05, 0) is 38.0 Å². The van der Waals surface area contributed by atoms with E-state index in [2.05, 4.69) is 5.32 Å². The first-order chi connectivity index (χ1) is 8.44. The zero-order valence-electron chi connectivity index (χ0n) is 10.9. The van der Waals surface area contributed by atoms with Crippen LogP contribution in [0.2, 0.25) is 0 Å². The van der Waals surface area contributed by atoms with Crippen LogP contribution in [-0.4, -0.2) is 41.1 Å². The van der Waals surface area contributed by atoms with Crippen LogP contribution in [0.4, 0.5) is 5.69 Å². The molecule has 0 aromatic heterocycles. The molecule has 1 aromatic carbocycles. The SMILES string of the molecule is Cc1cccc(NC(=O)CN2CCC(C)(O)C2)c1. The molecule has 1 fully saturated rings. The van der Waals surface area contributed by atoms with Crippen LogP contribution >= 0.6 is 0 Å². The summed E-state index contributed by atoms with van der Waals surface area (Å²) in [5.41, 5.74) is 1.30. The van der Waals surface area contributed by atoms with E-state index in [1.54, 1.807) is 0 Å². The predicted octanol–water partition coefficient (Wildman–Crippen LogP) is 1.39. The lowest BCUT2D eigenvalue weighted by Gasteiger charge is -2.18. The molecular formula is C14H20N2O2. The molecule has 0 radical (unpaired) electrons. The van der Waals surface area contributed by atoms with Crippen LogP contribution in [0.25, 0.3) is 0 Å². The first-order valence-electron chi connectivity index (χ1n) is 6.26. The minimum absolute atomic E-state index is 0.0294. The Morgan fingerprint density at radius 2 is 2.33 bits per heavy atom. The second kappa shape index (κ2) is 5.08. The lowest BCUT2D eigenvalue weighted by atomic mass is 10.1. The van der Waals surface area contributed by atoms with Crippen LogP contribution in [0.5, 0.6) is 0 Å². The third-order valence-corrected chi connectivity index (χ3v) is 3.20. The number of carbonyl (C=O) groups excluding carboxylic acids is 1. The molecule has 4 nitrogen and oxygen atoms in total. The van der Waals surface area contributed by atoms with Crippen molar-refractivity contribution in [3.8, 4) is 0 Å². The molecule has 1 aliphatic rings. The van der Waals surface area contributed by atoms with E-state index in [9.17, 15) is 9.90 Å². The Morgan fingerprint density at radius 3 is 2.94 bits per heavy atom. The molecule has 4 heteroatoms. The van der Waals surface area contributed by atoms with Crippen LogP contribution in [0, 0.1) is 6.92 Å². The molecule has 0 aliphatic carbocycles. The maximum absolute atomic E-state index is 11.9. The van der Waals surface area contributed by atoms with Crippen LogP contribution in [0.1, 0.15) is 18.9 Å². The van der Waals surface area contributed by atoms with E-state index in [4.69, 9.17) is 0 Å². The van der Waals surface area contributed by atoms with Crippen molar-refractivity contribution in [2.24, 2.45) is 0 Å². The molecule has 0 spiro atoms. The van der Waals surface area contributed by atoms with Gasteiger partial charge in [-0.2, -0.15) is 0 Å². The number of anilines is 1. The molecular weight excluding hydrogens is 228 g/mol. The summed E-state index contributed by atoms with van der Waals surface area (Å²) in [5.74, 6) is -0.0294. The van der Waals surface area contributed by atoms with Gasteiger partial charge in [0.2, 0.25) is 5.91 Å². The van der Waals surface area contributed by atoms with E-state index >= 15 is 0 Å². The molecule has 1 saturated heterocycles. The van der Waals surface area contributed by atoms with E-state index in [0.29, 0.717) is 13.1 Å². The summed E-state index contributed by atoms with van der Waals surface area (Å²) in [7, 11) is 0. The number of aryl methyl sites for hydroxylation is 1. The highest BCUT2D eigenvalue weighted by Crippen LogP contribution is 2.19. The molecule has 1 atom stereocenters. The van der Waals surface area contributed by atoms with Gasteiger partial charge in [-0.25, -0.2) is 0 Å². The monoisotopic (exact) mass is 248 g/mol. The highest BCUT2D eigenvalue weighted by Gasteiger charge is 2.31. The summed E-state index contributed by atoms with van der Waals surface area (Å²) in [5, 5.41) is 12.7. The molecule has 0 saturated carbocycles. The first kappa shape index (κ1) is 13.1. The van der Waals surface area contributed by atoms with Gasteiger partial charge in [0, 0.05) is 18.8 Å². The van der Waals surface area contributed by atoms with Crippen LogP contribution < -0.4 is 5.32 Å². The van der Waals surface area contributed by atoms with Gasteiger partial charge in [0.1, 0.15) is 0 Å². The lowest BCUT2D eigenvalue weighted by molar-refractivity contribution is -0.117. The summed E-state index contributed by atoms with van der Waals surface area (Å²) in [4.78, 5) is 13.8. The minimum atomic E-state index is -0.649. The van der Waals surface area contributed by atoms with Crippen LogP contribution in [-0.2, 0) is 4.79 Å². The van der Waals surface area contributed by atoms with Crippen molar-refractivity contribution in [1.29, 1.82) is 0 Å². The number of nitrogens with zero attached hydrogens (tertiary/aromatic N) is 1. The molecule has 2 N–H and O–H groups in total. The zero-order valence-corrected chi connectivity index (χ0v) is 10.9. The van der Waals surface area contributed by atoms with Crippen LogP contribution in [0.3, 0.4) is 0 Å². The molecule has 1 aromatic rings. The number of hydrogen-bond donors (Lipinski definition) is 2. The fourth-order valence-corrected chi connectivity index (χ4v) is 2.30. The van der Waals surface area contributed by atoms with Crippen LogP contribution in [0.15, 0.2) is 24.3 Å². The number of β-amino-alcohol motifs (C(OH)–C–C–N with tert-alkyl or cyclic N) is 1. The summed E-state index contributed by atoms with van der Waals surface area (Å²) < 4.78 is 0. The molecule has 0 bridgehead atoms. The normalized spacial score (nSPS) is 24.2. The standard InChI is InChI=1S/C14H20N2O2/c1-11-4-3-5-12(8-11)15-13(17)9-16-7-6-14(2,18)10-16/h3-5,8,18H,6-7,9-10H2,1-2H3,(H,15,17). The Kier molecular flexibility index (Phi) is 3.68. The van der Waals surface area contributed by atoms with Gasteiger partial charge >= 0.3 is 0 Å². The Bertz CT molecular complexity index is 443. The van der Waals surface area contributed by atoms with Gasteiger partial charge in [0.25, 0.3) is 0 Å². The van der Waals surface area contributed by atoms with Gasteiger partial charge in [-0.3, -0.25) is 9.69 Å². The molecule has 98 valence electrons. The number of hydrogen-bond acceptors (Lipinski definition) is 3. The van der Waals surface area contributed by atoms with E-state index in [1.165, 1.54) is 0 Å². The quantitative estimate of drug-likeness (QED) is 0.850. The number of benzene rings is 1. The molecule has 1 aliphatic heterocycles. The van der Waals surface area contributed by atoms with Crippen molar-refractivity contribution in [2.45, 2.75) is 25.9 Å². The molecule has 1 unspecified atom stereocenters. The highest BCUT2D eigenvalue weighted by molar-refractivity contribution is 5.92. The fraction of sp³-hybridized carbons (Fsp3) is 0.500. The average molecular weight is 248 g/mol. The predicted molar refractivity (Wildman–Crippen MR) is 71.5 cm³/mol. The largest absolute Gasteiger partial charge is 0.389 e. The second-order valence-electron chi connectivity index (χ2n) is 5.38. The smallest absolute Gasteiger partial charge is 0.238 e. The van der Waals surface area contributed by atoms with Crippen molar-refractivity contribution < 1.29 is 9.90 Å². The Balaban J connectivity index is 1.86. The van der Waals surface area contributed by atoms with E-state index < -0.39 is 5.60 Å². The number of rotatable bonds is 3. The third kappa shape index (κ3) is 3.55. The highest BCUT2D eigenvalue weighted by atomic mass is 16.3. The maximum Gasteiger partial charge on any atom is 0.238 e. The van der Waals surface area contributed by atoms with Crippen molar-refractivity contribution in [3.63, 3.8) is 0 Å². The second-order valence-corrected chi connectivity index (χ2v) is 5.38. The van der Waals surface area contributed by atoms with Crippen molar-refractivity contribution in [2.75, 3.05) is 25.0 Å². The average Bonchev–Trinajstić information content (AvgIpc) is 2.57. The van der Waals surface area contributed by atoms with Crippen molar-refractivity contribution in [1.82, 2.24) is 4.90 Å². The fourth-order valence-electron chi connectivity index (χ4n) is 2.30. The van der Waals surface area contributed by atoms with E-state index in [-0.39, 0.29) is 5.91 Å². The topological polar surface area (TPSA) is 52.6 Å². The lowest BCUT2D eigenvalue weighted by Crippen LogP contribution is -2.35. The zero-order chi connectivity index (χ0) is 13.2. The number of amides is 1. The van der Waals surface area contributed by atoms with Gasteiger partial charge < -0.3 is 10.4 Å². The van der Waals surface area contributed by atoms with Gasteiger partial charge in [0.05, 0.1) is 12.1 Å². The number of nitrogens with one attached hydrogen (secondary N) is 1. The Morgan fingerprint density at radius 1 is 1.56 bits per heavy atom. The number of likely N-dealkylation sites (tertiary alicyclic amines) is 1. The maximum atomic E-state index is 11.9. The van der Waals surface area contributed by atoms with Gasteiger partial charge in [0.15, 0.2) is 0 Å².